The Morgan fingerprint density at radius 1 is 1.50 bits per heavy atom. The first-order chi connectivity index (χ1) is 5.70. The Morgan fingerprint density at radius 3 is 2.58 bits per heavy atom. The molecule has 3 heteroatoms. The summed E-state index contributed by atoms with van der Waals surface area (Å²) in [5.74, 6) is 0. The van der Waals surface area contributed by atoms with E-state index in [1.807, 2.05) is 20.8 Å². The molecule has 0 amide bonds. The van der Waals surface area contributed by atoms with Crippen molar-refractivity contribution in [2.24, 2.45) is 0 Å². The van der Waals surface area contributed by atoms with Crippen molar-refractivity contribution < 1.29 is 4.74 Å². The number of rotatable bonds is 6. The molecular formula is C9H18N2O. The lowest BCUT2D eigenvalue weighted by atomic mass is 10.2. The van der Waals surface area contributed by atoms with Crippen LogP contribution in [0.15, 0.2) is 0 Å². The summed E-state index contributed by atoms with van der Waals surface area (Å²) in [6, 6.07) is 2.12. The van der Waals surface area contributed by atoms with E-state index in [9.17, 15) is 0 Å². The molecule has 0 radical (unpaired) electrons. The Kier molecular flexibility index (Phi) is 6.73. The highest BCUT2D eigenvalue weighted by atomic mass is 16.5. The van der Waals surface area contributed by atoms with Crippen molar-refractivity contribution in [1.82, 2.24) is 5.32 Å². The van der Waals surface area contributed by atoms with E-state index >= 15 is 0 Å². The molecule has 0 heterocycles. The topological polar surface area (TPSA) is 45.0 Å². The highest BCUT2D eigenvalue weighted by molar-refractivity contribution is 4.88. The number of nitrogens with one attached hydrogen (secondary N) is 1. The summed E-state index contributed by atoms with van der Waals surface area (Å²) in [6.45, 7) is 7.47. The van der Waals surface area contributed by atoms with E-state index < -0.39 is 0 Å². The van der Waals surface area contributed by atoms with Crippen molar-refractivity contribution in [2.45, 2.75) is 39.3 Å². The van der Waals surface area contributed by atoms with E-state index in [1.54, 1.807) is 0 Å². The summed E-state index contributed by atoms with van der Waals surface area (Å²) in [7, 11) is 0. The van der Waals surface area contributed by atoms with Crippen molar-refractivity contribution in [3.8, 4) is 6.07 Å². The highest BCUT2D eigenvalue weighted by Gasteiger charge is 2.04. The van der Waals surface area contributed by atoms with E-state index in [0.717, 1.165) is 13.0 Å². The molecule has 0 aromatic carbocycles. The number of hydrogen-bond acceptors (Lipinski definition) is 3. The van der Waals surface area contributed by atoms with Gasteiger partial charge in [-0.15, -0.1) is 0 Å². The van der Waals surface area contributed by atoms with Crippen molar-refractivity contribution in [1.29, 1.82) is 5.26 Å². The van der Waals surface area contributed by atoms with Crippen molar-refractivity contribution >= 4 is 0 Å². The predicted octanol–water partition coefficient (Wildman–Crippen LogP) is 1.30. The van der Waals surface area contributed by atoms with E-state index in [0.29, 0.717) is 6.61 Å². The second kappa shape index (κ2) is 7.08. The minimum Gasteiger partial charge on any atom is -0.379 e. The molecule has 0 aromatic rings. The molecule has 1 N–H and O–H groups in total. The predicted molar refractivity (Wildman–Crippen MR) is 48.8 cm³/mol. The van der Waals surface area contributed by atoms with Gasteiger partial charge in [0.15, 0.2) is 0 Å². The van der Waals surface area contributed by atoms with Crippen molar-refractivity contribution in [3.05, 3.63) is 0 Å². The van der Waals surface area contributed by atoms with Crippen LogP contribution in [0, 0.1) is 11.3 Å². The SMILES string of the molecule is CCNC(C#N)CCOC(C)C. The molecule has 0 bridgehead atoms. The first-order valence-corrected chi connectivity index (χ1v) is 4.45. The van der Waals surface area contributed by atoms with E-state index in [4.69, 9.17) is 10.00 Å². The smallest absolute Gasteiger partial charge is 0.0974 e. The molecule has 70 valence electrons. The van der Waals surface area contributed by atoms with Crippen LogP contribution >= 0.6 is 0 Å². The molecule has 1 unspecified atom stereocenters. The molecule has 0 saturated carbocycles. The van der Waals surface area contributed by atoms with Crippen LogP contribution in [0.4, 0.5) is 0 Å². The molecular weight excluding hydrogens is 152 g/mol. The van der Waals surface area contributed by atoms with Gasteiger partial charge in [-0.05, 0) is 26.8 Å². The average molecular weight is 170 g/mol. The Balaban J connectivity index is 3.40. The third-order valence-corrected chi connectivity index (χ3v) is 1.46. The lowest BCUT2D eigenvalue weighted by molar-refractivity contribution is 0.0743. The van der Waals surface area contributed by atoms with Crippen LogP contribution in [-0.2, 0) is 4.74 Å². The summed E-state index contributed by atoms with van der Waals surface area (Å²) in [5.41, 5.74) is 0. The first-order valence-electron chi connectivity index (χ1n) is 4.45. The van der Waals surface area contributed by atoms with Crippen LogP contribution in [0.1, 0.15) is 27.2 Å². The van der Waals surface area contributed by atoms with Gasteiger partial charge in [0.1, 0.15) is 0 Å². The molecule has 1 atom stereocenters. The Labute approximate surface area is 74.7 Å². The molecule has 0 aromatic heterocycles. The summed E-state index contributed by atoms with van der Waals surface area (Å²) >= 11 is 0. The highest BCUT2D eigenvalue weighted by Crippen LogP contribution is 1.94. The molecule has 0 aliphatic carbocycles. The van der Waals surface area contributed by atoms with Crippen LogP contribution in [0.25, 0.3) is 0 Å². The van der Waals surface area contributed by atoms with Crippen LogP contribution in [0.2, 0.25) is 0 Å². The van der Waals surface area contributed by atoms with Gasteiger partial charge in [-0.3, -0.25) is 0 Å². The zero-order valence-electron chi connectivity index (χ0n) is 8.13. The van der Waals surface area contributed by atoms with Crippen LogP contribution in [-0.4, -0.2) is 25.3 Å². The summed E-state index contributed by atoms with van der Waals surface area (Å²) < 4.78 is 5.33. The van der Waals surface area contributed by atoms with Gasteiger partial charge in [-0.25, -0.2) is 0 Å². The molecule has 0 fully saturated rings. The van der Waals surface area contributed by atoms with Gasteiger partial charge < -0.3 is 10.1 Å². The number of nitriles is 1. The largest absolute Gasteiger partial charge is 0.379 e. The number of ether oxygens (including phenoxy) is 1. The van der Waals surface area contributed by atoms with Crippen LogP contribution < -0.4 is 5.32 Å². The molecule has 0 aliphatic heterocycles. The molecule has 0 rings (SSSR count). The fraction of sp³-hybridized carbons (Fsp3) is 0.889. The maximum Gasteiger partial charge on any atom is 0.0974 e. The fourth-order valence-electron chi connectivity index (χ4n) is 0.880. The minimum atomic E-state index is -0.0613. The Hall–Kier alpha value is -0.590. The number of nitrogens with zero attached hydrogens (tertiary/aromatic N) is 1. The molecule has 3 nitrogen and oxygen atoms in total. The van der Waals surface area contributed by atoms with Gasteiger partial charge in [0, 0.05) is 6.61 Å². The number of hydrogen-bond donors (Lipinski definition) is 1. The lowest BCUT2D eigenvalue weighted by Crippen LogP contribution is -2.28. The zero-order chi connectivity index (χ0) is 9.40. The van der Waals surface area contributed by atoms with Gasteiger partial charge in [0.25, 0.3) is 0 Å². The van der Waals surface area contributed by atoms with Gasteiger partial charge in [0.2, 0.25) is 0 Å². The maximum absolute atomic E-state index is 8.65. The van der Waals surface area contributed by atoms with Crippen molar-refractivity contribution in [3.63, 3.8) is 0 Å². The summed E-state index contributed by atoms with van der Waals surface area (Å²) in [6.07, 6.45) is 1.02. The third-order valence-electron chi connectivity index (χ3n) is 1.46. The van der Waals surface area contributed by atoms with Crippen molar-refractivity contribution in [2.75, 3.05) is 13.2 Å². The normalized spacial score (nSPS) is 12.9. The first kappa shape index (κ1) is 11.4. The second-order valence-electron chi connectivity index (χ2n) is 2.95. The maximum atomic E-state index is 8.65. The van der Waals surface area contributed by atoms with Gasteiger partial charge in [-0.2, -0.15) is 5.26 Å². The lowest BCUT2D eigenvalue weighted by Gasteiger charge is -2.11. The minimum absolute atomic E-state index is 0.0613. The molecule has 0 aliphatic rings. The quantitative estimate of drug-likeness (QED) is 0.653. The van der Waals surface area contributed by atoms with E-state index in [2.05, 4.69) is 11.4 Å². The summed E-state index contributed by atoms with van der Waals surface area (Å²) in [5, 5.41) is 11.7. The fourth-order valence-corrected chi connectivity index (χ4v) is 0.880. The monoisotopic (exact) mass is 170 g/mol. The molecule has 0 saturated heterocycles. The van der Waals surface area contributed by atoms with E-state index in [1.165, 1.54) is 0 Å². The standard InChI is InChI=1S/C9H18N2O/c1-4-11-9(7-10)5-6-12-8(2)3/h8-9,11H,4-6H2,1-3H3. The van der Waals surface area contributed by atoms with Gasteiger partial charge >= 0.3 is 0 Å². The van der Waals surface area contributed by atoms with Gasteiger partial charge in [0.05, 0.1) is 18.2 Å². The second-order valence-corrected chi connectivity index (χ2v) is 2.95. The van der Waals surface area contributed by atoms with Crippen LogP contribution in [0.5, 0.6) is 0 Å². The Bertz CT molecular complexity index is 140. The van der Waals surface area contributed by atoms with Gasteiger partial charge in [-0.1, -0.05) is 6.92 Å². The molecule has 12 heavy (non-hydrogen) atoms. The zero-order valence-corrected chi connectivity index (χ0v) is 8.13. The molecule has 0 spiro atoms. The average Bonchev–Trinajstić information content (AvgIpc) is 2.02. The Morgan fingerprint density at radius 2 is 2.17 bits per heavy atom. The summed E-state index contributed by atoms with van der Waals surface area (Å²) in [4.78, 5) is 0. The van der Waals surface area contributed by atoms with E-state index in [-0.39, 0.29) is 12.1 Å². The van der Waals surface area contributed by atoms with Crippen LogP contribution in [0.3, 0.4) is 0 Å². The third kappa shape index (κ3) is 6.14.